The number of rotatable bonds is 4. The summed E-state index contributed by atoms with van der Waals surface area (Å²) in [4.78, 5) is 0. The molecule has 2 fully saturated rings. The van der Waals surface area contributed by atoms with Crippen molar-refractivity contribution in [2.45, 2.75) is 109 Å². The average Bonchev–Trinajstić information content (AvgIpc) is 3.65. The normalized spacial score (nSPS) is 16.3. The van der Waals surface area contributed by atoms with Gasteiger partial charge in [0.25, 0.3) is 0 Å². The van der Waals surface area contributed by atoms with Gasteiger partial charge in [0.05, 0.1) is 0 Å². The smallest absolute Gasteiger partial charge is 0.0162 e. The maximum Gasteiger partial charge on any atom is -0.0162 e. The number of hydrogen-bond donors (Lipinski definition) is 0. The molecule has 2 saturated carbocycles. The van der Waals surface area contributed by atoms with Gasteiger partial charge in [0.15, 0.2) is 0 Å². The first-order valence-electron chi connectivity index (χ1n) is 14.6. The minimum Gasteiger partial charge on any atom is -1.00 e. The minimum atomic E-state index is 0. The van der Waals surface area contributed by atoms with E-state index >= 15 is 0 Å². The molecule has 0 saturated heterocycles. The van der Waals surface area contributed by atoms with E-state index in [0.29, 0.717) is 0 Å². The molecule has 0 atom stereocenters. The number of fused-ring (bicyclic) bond motifs is 3. The van der Waals surface area contributed by atoms with Gasteiger partial charge in [0.2, 0.25) is 0 Å². The molecule has 0 bridgehead atoms. The second-order valence-corrected chi connectivity index (χ2v) is 12.6. The molecule has 0 unspecified atom stereocenters. The molecule has 0 amide bonds. The quantitative estimate of drug-likeness (QED) is 0.300. The van der Waals surface area contributed by atoms with E-state index in [-0.39, 0.29) is 24.8 Å². The third-order valence-electron chi connectivity index (χ3n) is 8.40. The zero-order valence-electron chi connectivity index (χ0n) is 23.4. The third kappa shape index (κ3) is 9.35. The molecule has 3 aromatic carbocycles. The summed E-state index contributed by atoms with van der Waals surface area (Å²) in [6.45, 7) is 4.43. The Morgan fingerprint density at radius 2 is 1.34 bits per heavy atom. The predicted octanol–water partition coefficient (Wildman–Crippen LogP) is 4.09. The van der Waals surface area contributed by atoms with E-state index in [1.165, 1.54) is 99.3 Å². The molecule has 0 nitrogen and oxygen atoms in total. The van der Waals surface area contributed by atoms with Crippen LogP contribution in [0, 0.1) is 6.07 Å². The van der Waals surface area contributed by atoms with Crippen molar-refractivity contribution in [2.24, 2.45) is 0 Å². The van der Waals surface area contributed by atoms with Crippen LogP contribution >= 0.6 is 0 Å². The van der Waals surface area contributed by atoms with E-state index in [2.05, 4.69) is 50.2 Å². The zero-order chi connectivity index (χ0) is 25.2. The van der Waals surface area contributed by atoms with Crippen LogP contribution in [0.15, 0.2) is 60.7 Å². The number of benzene rings is 2. The summed E-state index contributed by atoms with van der Waals surface area (Å²) in [6, 6.07) is 25.9. The van der Waals surface area contributed by atoms with Crippen molar-refractivity contribution in [2.75, 3.05) is 0 Å². The van der Waals surface area contributed by atoms with Gasteiger partial charge in [0, 0.05) is 0 Å². The number of hydrogen-bond acceptors (Lipinski definition) is 0. The van der Waals surface area contributed by atoms with Crippen LogP contribution in [-0.2, 0) is 30.7 Å². The molecule has 0 N–H and O–H groups in total. The fraction of sp³-hybridized carbons (Fsp3) is 0.486. The molecular formula is C35H44Cl2Zr-2. The molecule has 0 aliphatic heterocycles. The Labute approximate surface area is 259 Å². The molecule has 0 aromatic heterocycles. The molecule has 204 valence electrons. The van der Waals surface area contributed by atoms with Crippen molar-refractivity contribution < 1.29 is 49.0 Å². The summed E-state index contributed by atoms with van der Waals surface area (Å²) in [5.41, 5.74) is 9.11. The van der Waals surface area contributed by atoms with Crippen LogP contribution in [0.3, 0.4) is 0 Å². The van der Waals surface area contributed by atoms with Crippen molar-refractivity contribution in [3.8, 4) is 11.1 Å². The van der Waals surface area contributed by atoms with E-state index in [9.17, 15) is 0 Å². The van der Waals surface area contributed by atoms with Crippen LogP contribution in [0.4, 0.5) is 0 Å². The van der Waals surface area contributed by atoms with Crippen LogP contribution in [0.5, 0.6) is 0 Å². The first-order valence-corrected chi connectivity index (χ1v) is 15.8. The zero-order valence-corrected chi connectivity index (χ0v) is 27.3. The van der Waals surface area contributed by atoms with Crippen LogP contribution in [-0.4, -0.2) is 3.21 Å². The second kappa shape index (κ2) is 17.7. The Hall–Kier alpha value is -0.877. The van der Waals surface area contributed by atoms with Gasteiger partial charge in [-0.25, -0.2) is 12.1 Å². The molecular weight excluding hydrogens is 583 g/mol. The first-order chi connectivity index (χ1) is 17.7. The summed E-state index contributed by atoms with van der Waals surface area (Å²) in [5.74, 6) is 1.58. The van der Waals surface area contributed by atoms with Crippen molar-refractivity contribution in [1.82, 2.24) is 0 Å². The SMILES string of the molecule is CC[C](=[Zr+2])CC.[Cl-].[Cl-].[c-]1cc(C2CCCCC2)cc2c1Cc1ccc(C3CCCCC3)cc1-2.c1cc[cH-]c1. The van der Waals surface area contributed by atoms with E-state index in [1.54, 1.807) is 38.6 Å². The Kier molecular flexibility index (Phi) is 15.6. The fourth-order valence-electron chi connectivity index (χ4n) is 6.05. The Bertz CT molecular complexity index is 985. The summed E-state index contributed by atoms with van der Waals surface area (Å²) in [6.07, 6.45) is 17.7. The molecule has 0 spiro atoms. The second-order valence-electron chi connectivity index (χ2n) is 10.9. The summed E-state index contributed by atoms with van der Waals surface area (Å²) >= 11 is 1.62. The van der Waals surface area contributed by atoms with E-state index < -0.39 is 0 Å². The van der Waals surface area contributed by atoms with Gasteiger partial charge in [-0.2, -0.15) is 47.5 Å². The Morgan fingerprint density at radius 3 is 1.84 bits per heavy atom. The van der Waals surface area contributed by atoms with Crippen LogP contribution < -0.4 is 24.8 Å². The van der Waals surface area contributed by atoms with Gasteiger partial charge in [-0.3, -0.25) is 0 Å². The molecule has 38 heavy (non-hydrogen) atoms. The van der Waals surface area contributed by atoms with Crippen LogP contribution in [0.2, 0.25) is 0 Å². The average molecular weight is 627 g/mol. The van der Waals surface area contributed by atoms with E-state index in [0.717, 1.165) is 18.3 Å². The summed E-state index contributed by atoms with van der Waals surface area (Å²) in [7, 11) is 0. The molecule has 3 aromatic rings. The molecule has 0 radical (unpaired) electrons. The maximum atomic E-state index is 3.66. The van der Waals surface area contributed by atoms with Crippen molar-refractivity contribution in [1.29, 1.82) is 0 Å². The van der Waals surface area contributed by atoms with Crippen LogP contribution in [0.1, 0.15) is 125 Å². The van der Waals surface area contributed by atoms with Crippen molar-refractivity contribution >= 4 is 3.21 Å². The molecule has 3 heteroatoms. The molecule has 3 aliphatic rings. The van der Waals surface area contributed by atoms with E-state index in [4.69, 9.17) is 0 Å². The monoisotopic (exact) mass is 624 g/mol. The van der Waals surface area contributed by atoms with Crippen molar-refractivity contribution in [3.05, 3.63) is 89.0 Å². The van der Waals surface area contributed by atoms with Crippen molar-refractivity contribution in [3.63, 3.8) is 0 Å². The minimum absolute atomic E-state index is 0. The van der Waals surface area contributed by atoms with Gasteiger partial charge in [0.1, 0.15) is 0 Å². The molecule has 0 heterocycles. The third-order valence-corrected chi connectivity index (χ3v) is 10.1. The van der Waals surface area contributed by atoms with Crippen LogP contribution in [0.25, 0.3) is 11.1 Å². The topological polar surface area (TPSA) is 0 Å². The fourth-order valence-corrected chi connectivity index (χ4v) is 6.05. The first kappa shape index (κ1) is 33.3. The summed E-state index contributed by atoms with van der Waals surface area (Å²) in [5, 5.41) is 0. The van der Waals surface area contributed by atoms with Gasteiger partial charge in [-0.15, -0.1) is 5.56 Å². The largest absolute Gasteiger partial charge is 1.00 e. The van der Waals surface area contributed by atoms with Gasteiger partial charge < -0.3 is 24.8 Å². The Morgan fingerprint density at radius 1 is 0.789 bits per heavy atom. The summed E-state index contributed by atoms with van der Waals surface area (Å²) < 4.78 is 1.68. The number of halogens is 2. The van der Waals surface area contributed by atoms with Gasteiger partial charge in [-0.1, -0.05) is 86.6 Å². The predicted molar refractivity (Wildman–Crippen MR) is 153 cm³/mol. The van der Waals surface area contributed by atoms with Gasteiger partial charge >= 0.3 is 54.1 Å². The Balaban J connectivity index is 0.000000330. The maximum absolute atomic E-state index is 3.66. The molecule has 3 aliphatic carbocycles. The molecule has 6 rings (SSSR count). The van der Waals surface area contributed by atoms with E-state index in [1.807, 2.05) is 30.3 Å². The van der Waals surface area contributed by atoms with Gasteiger partial charge in [-0.05, 0) is 30.7 Å². The standard InChI is InChI=1S/C25H29.C5H5.C5H10.2ClH.Zr/c1-3-7-18(8-4-1)20-11-13-22-15-23-14-12-21(17-25(23)24(22)16-20)19-9-5-2-6-10-19;1-2-4-5-3-1;1-3-5-4-2;;;/h11-13,16-19H,1-10,15H2;1-5H;3-4H2,1-2H3;2*1H;/q2*-1;;;;+2/p-2.